The smallest absolute Gasteiger partial charge is 0.237 e. The molecule has 3 aromatic rings. The first-order valence-corrected chi connectivity index (χ1v) is 15.4. The maximum atomic E-state index is 15.1. The number of aryl methyl sites for hydroxylation is 1. The SMILES string of the molecule is CN1[C@@H](C(=O)CCC[C@H](O)CO)[C@H](c2cccc(Cl)c2)[C@@]2(C(=O)Nc3cc(Cl)c(F)cc32)[C@H]1CCCc1cccs1.Cl. The Morgan fingerprint density at radius 2 is 1.98 bits per heavy atom. The number of aliphatic hydroxyl groups is 2. The highest BCUT2D eigenvalue weighted by atomic mass is 35.5. The van der Waals surface area contributed by atoms with Crippen LogP contribution in [0.3, 0.4) is 0 Å². The predicted molar refractivity (Wildman–Crippen MR) is 168 cm³/mol. The fourth-order valence-electron chi connectivity index (χ4n) is 6.85. The standard InChI is InChI=1S/C31H33Cl2FN2O4S.ClH/c1-36-27(12-4-9-21-10-5-13-41-21)31(22-15-24(34)23(33)16-25(22)35-30(31)40)28(18-6-2-7-19(32)14-18)29(36)26(39)11-3-8-20(38)17-37;/h2,5-7,10,13-16,20,27-29,37-38H,3-4,8-9,11-12,17H2,1H3,(H,35,40);1H/t20-,27+,28-,29-,31-;/m0./s1. The van der Waals surface area contributed by atoms with Crippen LogP contribution in [0.5, 0.6) is 0 Å². The third kappa shape index (κ3) is 6.00. The van der Waals surface area contributed by atoms with Crippen LogP contribution in [0.4, 0.5) is 10.1 Å². The number of amides is 1. The van der Waals surface area contributed by atoms with E-state index in [-0.39, 0.29) is 48.6 Å². The summed E-state index contributed by atoms with van der Waals surface area (Å²) in [5.41, 5.74) is 0.385. The number of nitrogens with zero attached hydrogens (tertiary/aromatic N) is 1. The van der Waals surface area contributed by atoms with Crippen molar-refractivity contribution < 1.29 is 24.2 Å². The number of fused-ring (bicyclic) bond motifs is 2. The largest absolute Gasteiger partial charge is 0.394 e. The summed E-state index contributed by atoms with van der Waals surface area (Å²) in [6.07, 6.45) is 2.10. The van der Waals surface area contributed by atoms with Crippen LogP contribution >= 0.6 is 46.9 Å². The monoisotopic (exact) mass is 654 g/mol. The number of thiophene rings is 1. The number of hydrogen-bond acceptors (Lipinski definition) is 6. The lowest BCUT2D eigenvalue weighted by Crippen LogP contribution is -2.48. The van der Waals surface area contributed by atoms with Crippen LogP contribution in [0.1, 0.15) is 54.0 Å². The Balaban J connectivity index is 0.00000405. The van der Waals surface area contributed by atoms with Gasteiger partial charge in [0.2, 0.25) is 5.91 Å². The molecule has 3 N–H and O–H groups in total. The second kappa shape index (κ2) is 13.7. The number of Topliss-reactive ketones (excluding diaryl/α,β-unsaturated/α-hetero) is 1. The number of carbonyl (C=O) groups excluding carboxylic acids is 2. The fraction of sp³-hybridized carbons (Fsp3) is 0.419. The molecule has 226 valence electrons. The molecule has 0 bridgehead atoms. The van der Waals surface area contributed by atoms with Crippen LogP contribution in [-0.4, -0.2) is 58.6 Å². The number of halogens is 4. The number of aliphatic hydroxyl groups excluding tert-OH is 2. The summed E-state index contributed by atoms with van der Waals surface area (Å²) in [7, 11) is 1.87. The van der Waals surface area contributed by atoms with E-state index in [0.29, 0.717) is 29.1 Å². The maximum absolute atomic E-state index is 15.1. The number of ketones is 1. The van der Waals surface area contributed by atoms with Gasteiger partial charge in [0.15, 0.2) is 5.78 Å². The van der Waals surface area contributed by atoms with Crippen molar-refractivity contribution in [3.05, 3.63) is 85.8 Å². The molecule has 11 heteroatoms. The average molecular weight is 656 g/mol. The van der Waals surface area contributed by atoms with E-state index in [2.05, 4.69) is 11.4 Å². The zero-order valence-electron chi connectivity index (χ0n) is 23.1. The minimum absolute atomic E-state index is 0. The molecule has 5 atom stereocenters. The van der Waals surface area contributed by atoms with Gasteiger partial charge in [-0.05, 0) is 86.0 Å². The third-order valence-corrected chi connectivity index (χ3v) is 10.0. The number of carbonyl (C=O) groups is 2. The van der Waals surface area contributed by atoms with Gasteiger partial charge in [-0.1, -0.05) is 41.4 Å². The van der Waals surface area contributed by atoms with Gasteiger partial charge in [-0.25, -0.2) is 4.39 Å². The highest BCUT2D eigenvalue weighted by Crippen LogP contribution is 2.59. The summed E-state index contributed by atoms with van der Waals surface area (Å²) in [6, 6.07) is 12.9. The van der Waals surface area contributed by atoms with Gasteiger partial charge in [0, 0.05) is 34.0 Å². The topological polar surface area (TPSA) is 89.9 Å². The Morgan fingerprint density at radius 3 is 2.67 bits per heavy atom. The predicted octanol–water partition coefficient (Wildman–Crippen LogP) is 6.39. The van der Waals surface area contributed by atoms with Crippen molar-refractivity contribution in [1.29, 1.82) is 0 Å². The first-order chi connectivity index (χ1) is 19.7. The highest BCUT2D eigenvalue weighted by molar-refractivity contribution is 7.09. The van der Waals surface area contributed by atoms with Gasteiger partial charge in [-0.2, -0.15) is 0 Å². The minimum Gasteiger partial charge on any atom is -0.394 e. The maximum Gasteiger partial charge on any atom is 0.237 e. The number of likely N-dealkylation sites (N-methyl/N-ethyl adjacent to an activating group) is 1. The Morgan fingerprint density at radius 1 is 1.19 bits per heavy atom. The van der Waals surface area contributed by atoms with E-state index < -0.39 is 35.3 Å². The van der Waals surface area contributed by atoms with E-state index in [1.54, 1.807) is 29.5 Å². The number of hydrogen-bond donors (Lipinski definition) is 3. The summed E-state index contributed by atoms with van der Waals surface area (Å²) >= 11 is 14.3. The lowest BCUT2D eigenvalue weighted by atomic mass is 9.63. The van der Waals surface area contributed by atoms with Crippen LogP contribution < -0.4 is 5.32 Å². The lowest BCUT2D eigenvalue weighted by molar-refractivity contribution is -0.124. The van der Waals surface area contributed by atoms with Crippen molar-refractivity contribution in [2.24, 2.45) is 0 Å². The average Bonchev–Trinajstić information content (AvgIpc) is 3.62. The number of likely N-dealkylation sites (tertiary alicyclic amines) is 1. The zero-order valence-corrected chi connectivity index (χ0v) is 26.2. The molecule has 1 aromatic heterocycles. The zero-order chi connectivity index (χ0) is 29.3. The molecule has 42 heavy (non-hydrogen) atoms. The van der Waals surface area contributed by atoms with Gasteiger partial charge in [0.25, 0.3) is 0 Å². The number of anilines is 1. The van der Waals surface area contributed by atoms with E-state index in [1.165, 1.54) is 17.0 Å². The molecule has 1 saturated heterocycles. The molecule has 5 rings (SSSR count). The number of nitrogens with one attached hydrogen (secondary N) is 1. The summed E-state index contributed by atoms with van der Waals surface area (Å²) in [5.74, 6) is -1.66. The van der Waals surface area contributed by atoms with Gasteiger partial charge in [-0.3, -0.25) is 14.5 Å². The second-order valence-electron chi connectivity index (χ2n) is 11.0. The highest BCUT2D eigenvalue weighted by Gasteiger charge is 2.67. The van der Waals surface area contributed by atoms with Gasteiger partial charge < -0.3 is 15.5 Å². The molecule has 6 nitrogen and oxygen atoms in total. The molecule has 1 amide bonds. The van der Waals surface area contributed by atoms with Crippen molar-refractivity contribution >= 4 is 64.3 Å². The van der Waals surface area contributed by atoms with E-state index in [1.807, 2.05) is 29.5 Å². The Kier molecular flexibility index (Phi) is 10.7. The van der Waals surface area contributed by atoms with Crippen molar-refractivity contribution in [3.63, 3.8) is 0 Å². The van der Waals surface area contributed by atoms with Crippen molar-refractivity contribution in [2.75, 3.05) is 19.0 Å². The van der Waals surface area contributed by atoms with Crippen LogP contribution in [-0.2, 0) is 21.4 Å². The van der Waals surface area contributed by atoms with E-state index in [9.17, 15) is 19.8 Å². The molecular weight excluding hydrogens is 622 g/mol. The second-order valence-corrected chi connectivity index (χ2v) is 12.8. The van der Waals surface area contributed by atoms with Crippen LogP contribution in [0.2, 0.25) is 10.0 Å². The molecule has 2 aromatic carbocycles. The van der Waals surface area contributed by atoms with Gasteiger partial charge in [-0.15, -0.1) is 23.7 Å². The van der Waals surface area contributed by atoms with Gasteiger partial charge in [0.05, 0.1) is 23.8 Å². The molecule has 0 radical (unpaired) electrons. The molecule has 2 aliphatic heterocycles. The number of rotatable bonds is 11. The molecule has 0 unspecified atom stereocenters. The first kappa shape index (κ1) is 32.9. The van der Waals surface area contributed by atoms with E-state index in [4.69, 9.17) is 23.2 Å². The van der Waals surface area contributed by atoms with Crippen molar-refractivity contribution in [3.8, 4) is 0 Å². The molecule has 1 fully saturated rings. The lowest BCUT2D eigenvalue weighted by Gasteiger charge is -2.36. The number of benzene rings is 2. The molecule has 0 saturated carbocycles. The minimum atomic E-state index is -1.28. The van der Waals surface area contributed by atoms with Crippen molar-refractivity contribution in [2.45, 2.75) is 68.0 Å². The fourth-order valence-corrected chi connectivity index (χ4v) is 7.97. The van der Waals surface area contributed by atoms with Crippen LogP contribution in [0.25, 0.3) is 0 Å². The summed E-state index contributed by atoms with van der Waals surface area (Å²) in [4.78, 5) is 31.6. The molecule has 2 aliphatic rings. The van der Waals surface area contributed by atoms with Crippen LogP contribution in [0.15, 0.2) is 53.9 Å². The Labute approximate surface area is 265 Å². The molecular formula is C31H34Cl3FN2O4S. The van der Waals surface area contributed by atoms with Gasteiger partial charge in [0.1, 0.15) is 11.2 Å². The van der Waals surface area contributed by atoms with Gasteiger partial charge >= 0.3 is 0 Å². The third-order valence-electron chi connectivity index (χ3n) is 8.58. The molecule has 0 aliphatic carbocycles. The summed E-state index contributed by atoms with van der Waals surface area (Å²) in [6.45, 7) is -0.372. The molecule has 3 heterocycles. The summed E-state index contributed by atoms with van der Waals surface area (Å²) < 4.78 is 15.1. The van der Waals surface area contributed by atoms with Crippen molar-refractivity contribution in [1.82, 2.24) is 4.90 Å². The van der Waals surface area contributed by atoms with E-state index in [0.717, 1.165) is 18.4 Å². The normalized spacial score (nSPS) is 24.0. The summed E-state index contributed by atoms with van der Waals surface area (Å²) in [5, 5.41) is 24.4. The Bertz CT molecular complexity index is 1430. The quantitative estimate of drug-likeness (QED) is 0.223. The molecule has 1 spiro atoms. The Hall–Kier alpha value is -2.04. The van der Waals surface area contributed by atoms with E-state index >= 15 is 4.39 Å². The van der Waals surface area contributed by atoms with Crippen LogP contribution in [0, 0.1) is 5.82 Å². The first-order valence-electron chi connectivity index (χ1n) is 13.8.